The van der Waals surface area contributed by atoms with Gasteiger partial charge in [0.1, 0.15) is 5.82 Å². The molecule has 0 aromatic carbocycles. The zero-order chi connectivity index (χ0) is 18.6. The molecule has 0 spiro atoms. The second kappa shape index (κ2) is 7.82. The Balaban J connectivity index is 1.35. The maximum Gasteiger partial charge on any atom is 0.255 e. The molecule has 1 aliphatic rings. The van der Waals surface area contributed by atoms with Crippen LogP contribution in [0.1, 0.15) is 36.3 Å². The summed E-state index contributed by atoms with van der Waals surface area (Å²) in [5.41, 5.74) is 2.98. The second-order valence-electron chi connectivity index (χ2n) is 7.55. The molecule has 0 saturated heterocycles. The molecule has 3 aromatic heterocycles. The van der Waals surface area contributed by atoms with E-state index in [-0.39, 0.29) is 5.56 Å². The van der Waals surface area contributed by atoms with Gasteiger partial charge in [-0.15, -0.1) is 0 Å². The molecule has 2 atom stereocenters. The summed E-state index contributed by atoms with van der Waals surface area (Å²) in [5, 5.41) is 0. The van der Waals surface area contributed by atoms with Gasteiger partial charge in [-0.05, 0) is 68.2 Å². The van der Waals surface area contributed by atoms with Crippen LogP contribution in [0.3, 0.4) is 0 Å². The van der Waals surface area contributed by atoms with Crippen molar-refractivity contribution in [2.45, 2.75) is 39.0 Å². The molecule has 3 aromatic rings. The highest BCUT2D eigenvalue weighted by Crippen LogP contribution is 2.34. The minimum atomic E-state index is -0.0380. The first-order chi connectivity index (χ1) is 13.2. The fourth-order valence-corrected chi connectivity index (χ4v) is 3.95. The standard InChI is InChI=1S/C22H24N4O/c1-16-13-24-21(25-14-16)12-18-6-5-17(10-18)11-19-7-8-20(15-23-19)26-9-3-2-4-22(26)27/h2-4,7-9,13-15,17-18H,5-6,10-12H2,1H3/t17-,18-/m0/s1. The summed E-state index contributed by atoms with van der Waals surface area (Å²) >= 11 is 0. The smallest absolute Gasteiger partial charge is 0.255 e. The van der Waals surface area contributed by atoms with Crippen molar-refractivity contribution in [1.82, 2.24) is 19.5 Å². The highest BCUT2D eigenvalue weighted by Gasteiger charge is 2.26. The third-order valence-electron chi connectivity index (χ3n) is 5.36. The van der Waals surface area contributed by atoms with Crippen molar-refractivity contribution in [3.05, 3.63) is 82.6 Å². The molecule has 0 aliphatic heterocycles. The molecule has 27 heavy (non-hydrogen) atoms. The first-order valence-corrected chi connectivity index (χ1v) is 9.58. The van der Waals surface area contributed by atoms with Crippen LogP contribution < -0.4 is 5.56 Å². The third kappa shape index (κ3) is 4.30. The molecule has 5 heteroatoms. The first-order valence-electron chi connectivity index (χ1n) is 9.58. The summed E-state index contributed by atoms with van der Waals surface area (Å²) in [6.07, 6.45) is 13.0. The van der Waals surface area contributed by atoms with Crippen LogP contribution in [0.2, 0.25) is 0 Å². The van der Waals surface area contributed by atoms with Gasteiger partial charge in [0.15, 0.2) is 0 Å². The monoisotopic (exact) mass is 360 g/mol. The Hall–Kier alpha value is -2.82. The topological polar surface area (TPSA) is 60.7 Å². The number of rotatable bonds is 5. The van der Waals surface area contributed by atoms with Crippen LogP contribution in [0.4, 0.5) is 0 Å². The van der Waals surface area contributed by atoms with E-state index in [4.69, 9.17) is 0 Å². The molecule has 1 saturated carbocycles. The lowest BCUT2D eigenvalue weighted by molar-refractivity contribution is 0.476. The fourth-order valence-electron chi connectivity index (χ4n) is 3.95. The SMILES string of the molecule is Cc1cnc(C[C@H]2CC[C@H](Cc3ccc(-n4ccccc4=O)cn3)C2)nc1. The lowest BCUT2D eigenvalue weighted by Gasteiger charge is -2.11. The zero-order valence-corrected chi connectivity index (χ0v) is 15.6. The number of hydrogen-bond acceptors (Lipinski definition) is 4. The summed E-state index contributed by atoms with van der Waals surface area (Å²) in [6, 6.07) is 9.19. The molecule has 1 fully saturated rings. The largest absolute Gasteiger partial charge is 0.283 e. The van der Waals surface area contributed by atoms with Crippen LogP contribution in [0.15, 0.2) is 59.9 Å². The van der Waals surface area contributed by atoms with E-state index < -0.39 is 0 Å². The van der Waals surface area contributed by atoms with Crippen molar-refractivity contribution in [3.8, 4) is 5.69 Å². The van der Waals surface area contributed by atoms with Crippen LogP contribution in [0, 0.1) is 18.8 Å². The maximum atomic E-state index is 11.9. The molecule has 4 rings (SSSR count). The Bertz CT molecular complexity index is 947. The van der Waals surface area contributed by atoms with E-state index in [2.05, 4.69) is 15.0 Å². The Labute approximate surface area is 159 Å². The number of aromatic nitrogens is 4. The first kappa shape index (κ1) is 17.6. The lowest BCUT2D eigenvalue weighted by atomic mass is 9.97. The summed E-state index contributed by atoms with van der Waals surface area (Å²) in [4.78, 5) is 25.4. The number of hydrogen-bond donors (Lipinski definition) is 0. The Morgan fingerprint density at radius 1 is 0.963 bits per heavy atom. The van der Waals surface area contributed by atoms with Gasteiger partial charge in [0.2, 0.25) is 0 Å². The molecule has 0 amide bonds. The predicted octanol–water partition coefficient (Wildman–Crippen LogP) is 3.53. The number of pyridine rings is 2. The molecule has 0 unspecified atom stereocenters. The minimum absolute atomic E-state index is 0.0380. The molecule has 5 nitrogen and oxygen atoms in total. The molecule has 0 N–H and O–H groups in total. The molecular weight excluding hydrogens is 336 g/mol. The average molecular weight is 360 g/mol. The summed E-state index contributed by atoms with van der Waals surface area (Å²) in [5.74, 6) is 2.29. The van der Waals surface area contributed by atoms with Gasteiger partial charge in [0.05, 0.1) is 11.9 Å². The summed E-state index contributed by atoms with van der Waals surface area (Å²) in [7, 11) is 0. The Kier molecular flexibility index (Phi) is 5.10. The van der Waals surface area contributed by atoms with Gasteiger partial charge in [-0.3, -0.25) is 14.3 Å². The third-order valence-corrected chi connectivity index (χ3v) is 5.36. The minimum Gasteiger partial charge on any atom is -0.283 e. The second-order valence-corrected chi connectivity index (χ2v) is 7.55. The van der Waals surface area contributed by atoms with Crippen LogP contribution in [0.25, 0.3) is 5.69 Å². The van der Waals surface area contributed by atoms with Crippen LogP contribution in [-0.4, -0.2) is 19.5 Å². The van der Waals surface area contributed by atoms with Crippen molar-refractivity contribution in [1.29, 1.82) is 0 Å². The molecule has 0 bridgehead atoms. The molecule has 3 heterocycles. The van der Waals surface area contributed by atoms with Gasteiger partial charge in [0, 0.05) is 36.8 Å². The quantitative estimate of drug-likeness (QED) is 0.698. The van der Waals surface area contributed by atoms with Crippen LogP contribution in [-0.2, 0) is 12.8 Å². The van der Waals surface area contributed by atoms with Gasteiger partial charge >= 0.3 is 0 Å². The molecule has 0 radical (unpaired) electrons. The van der Waals surface area contributed by atoms with Crippen LogP contribution >= 0.6 is 0 Å². The Morgan fingerprint density at radius 2 is 1.74 bits per heavy atom. The highest BCUT2D eigenvalue weighted by molar-refractivity contribution is 5.30. The molecular formula is C22H24N4O. The van der Waals surface area contributed by atoms with Crippen molar-refractivity contribution >= 4 is 0 Å². The summed E-state index contributed by atoms with van der Waals surface area (Å²) in [6.45, 7) is 2.02. The average Bonchev–Trinajstić information content (AvgIpc) is 3.12. The van der Waals surface area contributed by atoms with E-state index in [1.165, 1.54) is 19.3 Å². The predicted molar refractivity (Wildman–Crippen MR) is 105 cm³/mol. The van der Waals surface area contributed by atoms with E-state index in [1.807, 2.05) is 37.5 Å². The van der Waals surface area contributed by atoms with Gasteiger partial charge in [-0.2, -0.15) is 0 Å². The van der Waals surface area contributed by atoms with Crippen molar-refractivity contribution in [3.63, 3.8) is 0 Å². The molecule has 1 aliphatic carbocycles. The number of aryl methyl sites for hydroxylation is 1. The zero-order valence-electron chi connectivity index (χ0n) is 15.6. The van der Waals surface area contributed by atoms with Gasteiger partial charge in [0.25, 0.3) is 5.56 Å². The Morgan fingerprint density at radius 3 is 2.44 bits per heavy atom. The van der Waals surface area contributed by atoms with E-state index in [9.17, 15) is 4.79 Å². The summed E-state index contributed by atoms with van der Waals surface area (Å²) < 4.78 is 1.62. The fraction of sp³-hybridized carbons (Fsp3) is 0.364. The van der Waals surface area contributed by atoms with Crippen molar-refractivity contribution < 1.29 is 0 Å². The van der Waals surface area contributed by atoms with E-state index in [1.54, 1.807) is 29.1 Å². The highest BCUT2D eigenvalue weighted by atomic mass is 16.1. The van der Waals surface area contributed by atoms with E-state index in [0.29, 0.717) is 11.8 Å². The van der Waals surface area contributed by atoms with Crippen molar-refractivity contribution in [2.75, 3.05) is 0 Å². The van der Waals surface area contributed by atoms with E-state index >= 15 is 0 Å². The van der Waals surface area contributed by atoms with Gasteiger partial charge in [-0.25, -0.2) is 9.97 Å². The number of nitrogens with zero attached hydrogens (tertiary/aromatic N) is 4. The van der Waals surface area contributed by atoms with Crippen molar-refractivity contribution in [2.24, 2.45) is 11.8 Å². The van der Waals surface area contributed by atoms with E-state index in [0.717, 1.165) is 35.6 Å². The lowest BCUT2D eigenvalue weighted by Crippen LogP contribution is -2.15. The van der Waals surface area contributed by atoms with Gasteiger partial charge in [-0.1, -0.05) is 6.07 Å². The normalized spacial score (nSPS) is 19.3. The van der Waals surface area contributed by atoms with Crippen LogP contribution in [0.5, 0.6) is 0 Å². The molecule has 138 valence electrons. The maximum absolute atomic E-state index is 11.9. The van der Waals surface area contributed by atoms with Gasteiger partial charge < -0.3 is 0 Å².